The number of piperidine rings is 1. The average Bonchev–Trinajstić information content (AvgIpc) is 3.01. The first-order chi connectivity index (χ1) is 12.8. The maximum absolute atomic E-state index is 12.8. The van der Waals surface area contributed by atoms with Gasteiger partial charge in [-0.3, -0.25) is 9.78 Å². The summed E-state index contributed by atoms with van der Waals surface area (Å²) >= 11 is 0. The van der Waals surface area contributed by atoms with Gasteiger partial charge >= 0.3 is 0 Å². The lowest BCUT2D eigenvalue weighted by Crippen LogP contribution is -2.43. The van der Waals surface area contributed by atoms with E-state index < -0.39 is 10.0 Å². The molecule has 0 radical (unpaired) electrons. The summed E-state index contributed by atoms with van der Waals surface area (Å²) in [5.41, 5.74) is 1.15. The van der Waals surface area contributed by atoms with Gasteiger partial charge in [-0.05, 0) is 45.7 Å². The molecule has 1 aliphatic rings. The lowest BCUT2D eigenvalue weighted by Gasteiger charge is -2.31. The van der Waals surface area contributed by atoms with E-state index in [0.29, 0.717) is 31.6 Å². The molecule has 1 saturated heterocycles. The van der Waals surface area contributed by atoms with Crippen LogP contribution < -0.4 is 5.32 Å². The number of carbonyl (C=O) groups excluding carboxylic acids is 1. The third-order valence-electron chi connectivity index (χ3n) is 4.88. The molecule has 0 aliphatic carbocycles. The van der Waals surface area contributed by atoms with E-state index in [1.165, 1.54) is 4.31 Å². The molecule has 1 amide bonds. The summed E-state index contributed by atoms with van der Waals surface area (Å²) in [6, 6.07) is 5.38. The van der Waals surface area contributed by atoms with Gasteiger partial charge in [0.1, 0.15) is 10.6 Å². The molecule has 0 spiro atoms. The van der Waals surface area contributed by atoms with Crippen LogP contribution in [0.1, 0.15) is 43.0 Å². The van der Waals surface area contributed by atoms with Crippen molar-refractivity contribution in [2.45, 2.75) is 44.6 Å². The quantitative estimate of drug-likeness (QED) is 0.834. The maximum atomic E-state index is 12.8. The standard InChI is InChI=1S/C18H24N4O4S/c1-12(16-6-4-5-9-19-16)20-18(23)15-7-10-22(11-8-15)27(24,25)17-13(2)21-26-14(17)3/h4-6,9,12,15H,7-8,10-11H2,1-3H3,(H,20,23). The molecule has 1 unspecified atom stereocenters. The molecule has 3 heterocycles. The summed E-state index contributed by atoms with van der Waals surface area (Å²) in [7, 11) is -3.66. The number of amides is 1. The van der Waals surface area contributed by atoms with Gasteiger partial charge in [-0.1, -0.05) is 11.2 Å². The van der Waals surface area contributed by atoms with Gasteiger partial charge in [0.2, 0.25) is 15.9 Å². The minimum atomic E-state index is -3.66. The van der Waals surface area contributed by atoms with Crippen molar-refractivity contribution in [3.63, 3.8) is 0 Å². The number of sulfonamides is 1. The van der Waals surface area contributed by atoms with Gasteiger partial charge in [0.15, 0.2) is 5.76 Å². The fraction of sp³-hybridized carbons (Fsp3) is 0.500. The Balaban J connectivity index is 1.61. The predicted octanol–water partition coefficient (Wildman–Crippen LogP) is 1.96. The predicted molar refractivity (Wildman–Crippen MR) is 98.3 cm³/mol. The van der Waals surface area contributed by atoms with E-state index in [1.807, 2.05) is 25.1 Å². The molecular weight excluding hydrogens is 368 g/mol. The van der Waals surface area contributed by atoms with Crippen molar-refractivity contribution < 1.29 is 17.7 Å². The van der Waals surface area contributed by atoms with E-state index in [4.69, 9.17) is 4.52 Å². The Morgan fingerprint density at radius 1 is 1.30 bits per heavy atom. The van der Waals surface area contributed by atoms with Gasteiger partial charge < -0.3 is 9.84 Å². The van der Waals surface area contributed by atoms with E-state index in [0.717, 1.165) is 5.69 Å². The zero-order chi connectivity index (χ0) is 19.6. The van der Waals surface area contributed by atoms with E-state index in [-0.39, 0.29) is 28.5 Å². The molecule has 1 aliphatic heterocycles. The number of aryl methyl sites for hydroxylation is 2. The van der Waals surface area contributed by atoms with Crippen molar-refractivity contribution in [2.24, 2.45) is 5.92 Å². The molecule has 9 heteroatoms. The van der Waals surface area contributed by atoms with Crippen LogP contribution in [0.3, 0.4) is 0 Å². The Labute approximate surface area is 159 Å². The van der Waals surface area contributed by atoms with Crippen LogP contribution >= 0.6 is 0 Å². The number of hydrogen-bond donors (Lipinski definition) is 1. The molecule has 0 aromatic carbocycles. The number of carbonyl (C=O) groups is 1. The van der Waals surface area contributed by atoms with Crippen molar-refractivity contribution >= 4 is 15.9 Å². The van der Waals surface area contributed by atoms with Crippen LogP contribution in [0.2, 0.25) is 0 Å². The third-order valence-corrected chi connectivity index (χ3v) is 7.02. The van der Waals surface area contributed by atoms with Crippen LogP contribution in [-0.4, -0.2) is 41.9 Å². The van der Waals surface area contributed by atoms with Gasteiger partial charge in [0.25, 0.3) is 0 Å². The number of nitrogens with one attached hydrogen (secondary N) is 1. The second-order valence-electron chi connectivity index (χ2n) is 6.82. The first-order valence-corrected chi connectivity index (χ1v) is 10.4. The van der Waals surface area contributed by atoms with Gasteiger partial charge in [-0.2, -0.15) is 4.31 Å². The lowest BCUT2D eigenvalue weighted by atomic mass is 9.97. The van der Waals surface area contributed by atoms with Gasteiger partial charge in [-0.15, -0.1) is 0 Å². The molecule has 0 saturated carbocycles. The number of aromatic nitrogens is 2. The van der Waals surface area contributed by atoms with Gasteiger partial charge in [-0.25, -0.2) is 8.42 Å². The Bertz CT molecular complexity index is 883. The van der Waals surface area contributed by atoms with E-state index in [2.05, 4.69) is 15.5 Å². The topological polar surface area (TPSA) is 105 Å². The van der Waals surface area contributed by atoms with Crippen LogP contribution in [0.25, 0.3) is 0 Å². The molecule has 1 fully saturated rings. The first kappa shape index (κ1) is 19.5. The van der Waals surface area contributed by atoms with Crippen LogP contribution in [0, 0.1) is 19.8 Å². The monoisotopic (exact) mass is 392 g/mol. The highest BCUT2D eigenvalue weighted by atomic mass is 32.2. The first-order valence-electron chi connectivity index (χ1n) is 8.95. The van der Waals surface area contributed by atoms with Crippen molar-refractivity contribution in [1.82, 2.24) is 19.8 Å². The molecule has 146 valence electrons. The summed E-state index contributed by atoms with van der Waals surface area (Å²) in [6.07, 6.45) is 2.64. The molecule has 3 rings (SSSR count). The Hall–Kier alpha value is -2.26. The molecule has 0 bridgehead atoms. The lowest BCUT2D eigenvalue weighted by molar-refractivity contribution is -0.126. The highest BCUT2D eigenvalue weighted by molar-refractivity contribution is 7.89. The minimum absolute atomic E-state index is 0.0671. The summed E-state index contributed by atoms with van der Waals surface area (Å²) in [6.45, 7) is 5.68. The molecule has 1 N–H and O–H groups in total. The highest BCUT2D eigenvalue weighted by Crippen LogP contribution is 2.28. The summed E-state index contributed by atoms with van der Waals surface area (Å²) in [5, 5.41) is 6.70. The van der Waals surface area contributed by atoms with Crippen molar-refractivity contribution in [3.8, 4) is 0 Å². The maximum Gasteiger partial charge on any atom is 0.248 e. The van der Waals surface area contributed by atoms with Crippen LogP contribution in [0.5, 0.6) is 0 Å². The smallest absolute Gasteiger partial charge is 0.248 e. The SMILES string of the molecule is Cc1noc(C)c1S(=O)(=O)N1CCC(C(=O)NC(C)c2ccccn2)CC1. The second kappa shape index (κ2) is 7.77. The zero-order valence-electron chi connectivity index (χ0n) is 15.7. The van der Waals surface area contributed by atoms with Crippen molar-refractivity contribution in [2.75, 3.05) is 13.1 Å². The Morgan fingerprint density at radius 3 is 2.56 bits per heavy atom. The molecule has 8 nitrogen and oxygen atoms in total. The Kier molecular flexibility index (Phi) is 5.61. The van der Waals surface area contributed by atoms with Crippen molar-refractivity contribution in [1.29, 1.82) is 0 Å². The molecular formula is C18H24N4O4S. The van der Waals surface area contributed by atoms with E-state index in [1.54, 1.807) is 20.0 Å². The number of hydrogen-bond acceptors (Lipinski definition) is 6. The fourth-order valence-corrected chi connectivity index (χ4v) is 5.13. The van der Waals surface area contributed by atoms with E-state index in [9.17, 15) is 13.2 Å². The molecule has 2 aromatic heterocycles. The second-order valence-corrected chi connectivity index (χ2v) is 8.69. The van der Waals surface area contributed by atoms with Crippen LogP contribution in [0.15, 0.2) is 33.8 Å². The number of rotatable bonds is 5. The highest BCUT2D eigenvalue weighted by Gasteiger charge is 2.35. The minimum Gasteiger partial charge on any atom is -0.360 e. The number of nitrogens with zero attached hydrogens (tertiary/aromatic N) is 3. The van der Waals surface area contributed by atoms with Gasteiger partial charge in [0, 0.05) is 25.2 Å². The Morgan fingerprint density at radius 2 is 2.00 bits per heavy atom. The molecule has 2 aromatic rings. The summed E-state index contributed by atoms with van der Waals surface area (Å²) in [4.78, 5) is 16.9. The largest absolute Gasteiger partial charge is 0.360 e. The van der Waals surface area contributed by atoms with Crippen molar-refractivity contribution in [3.05, 3.63) is 41.5 Å². The third kappa shape index (κ3) is 4.03. The number of pyridine rings is 1. The van der Waals surface area contributed by atoms with Crippen LogP contribution in [-0.2, 0) is 14.8 Å². The summed E-state index contributed by atoms with van der Waals surface area (Å²) in [5.74, 6) is 0.00590. The molecule has 27 heavy (non-hydrogen) atoms. The van der Waals surface area contributed by atoms with E-state index >= 15 is 0 Å². The van der Waals surface area contributed by atoms with Gasteiger partial charge in [0.05, 0.1) is 11.7 Å². The zero-order valence-corrected chi connectivity index (χ0v) is 16.5. The molecule has 1 atom stereocenters. The van der Waals surface area contributed by atoms with Crippen LogP contribution in [0.4, 0.5) is 0 Å². The average molecular weight is 392 g/mol. The normalized spacial score (nSPS) is 17.6. The fourth-order valence-electron chi connectivity index (χ4n) is 3.37. The summed E-state index contributed by atoms with van der Waals surface area (Å²) < 4.78 is 32.1.